The van der Waals surface area contributed by atoms with Crippen LogP contribution in [0.25, 0.3) is 22.6 Å². The Morgan fingerprint density at radius 1 is 1.22 bits per heavy atom. The van der Waals surface area contributed by atoms with Crippen molar-refractivity contribution >= 4 is 22.9 Å². The number of amides is 1. The Bertz CT molecular complexity index is 1420. The van der Waals surface area contributed by atoms with Crippen LogP contribution in [0.2, 0.25) is 0 Å². The summed E-state index contributed by atoms with van der Waals surface area (Å²) in [5, 5.41) is 26.6. The molecule has 1 saturated heterocycles. The lowest BCUT2D eigenvalue weighted by molar-refractivity contribution is -0.136. The van der Waals surface area contributed by atoms with Gasteiger partial charge in [-0.1, -0.05) is 12.6 Å². The van der Waals surface area contributed by atoms with Crippen molar-refractivity contribution in [3.63, 3.8) is 0 Å². The van der Waals surface area contributed by atoms with Crippen molar-refractivity contribution in [2.75, 3.05) is 5.32 Å². The van der Waals surface area contributed by atoms with E-state index >= 15 is 0 Å². The predicted octanol–water partition coefficient (Wildman–Crippen LogP) is 0.913. The Hall–Kier alpha value is -4.33. The molecule has 1 aliphatic rings. The van der Waals surface area contributed by atoms with Gasteiger partial charge in [0.15, 0.2) is 35.1 Å². The van der Waals surface area contributed by atoms with Gasteiger partial charge >= 0.3 is 0 Å². The molecule has 0 radical (unpaired) electrons. The summed E-state index contributed by atoms with van der Waals surface area (Å²) in [6, 6.07) is 6.71. The van der Waals surface area contributed by atoms with Crippen LogP contribution in [0.5, 0.6) is 0 Å². The smallest absolute Gasteiger partial charge is 0.255 e. The molecule has 13 heteroatoms. The molecule has 1 amide bonds. The molecular formula is C23H21FN8O4. The summed E-state index contributed by atoms with van der Waals surface area (Å²) in [5.41, 5.74) is 1.59. The van der Waals surface area contributed by atoms with E-state index in [4.69, 9.17) is 4.74 Å². The second kappa shape index (κ2) is 9.73. The maximum absolute atomic E-state index is 13.9. The molecule has 4 aromatic heterocycles. The maximum atomic E-state index is 13.9. The third-order valence-corrected chi connectivity index (χ3v) is 5.56. The number of aromatic nitrogens is 6. The second-order valence-electron chi connectivity index (χ2n) is 7.93. The Balaban J connectivity index is 1.57. The number of hydrogen-bond acceptors (Lipinski definition) is 10. The highest BCUT2D eigenvalue weighted by Gasteiger charge is 2.47. The molecule has 0 bridgehead atoms. The number of carbonyl (C=O) groups excluding carboxylic acids is 1. The van der Waals surface area contributed by atoms with Crippen molar-refractivity contribution in [2.45, 2.75) is 31.1 Å². The SMILES string of the molecule is C=CNC(=O)[C@H]1O[C@@H](n2cnc3c(NCc4ccccn4)nc(-c4cncc(F)c4)nc32)[C@H](O)[C@@H]1O. The fourth-order valence-corrected chi connectivity index (χ4v) is 3.85. The van der Waals surface area contributed by atoms with Crippen molar-refractivity contribution in [1.82, 2.24) is 34.8 Å². The van der Waals surface area contributed by atoms with Crippen molar-refractivity contribution in [2.24, 2.45) is 0 Å². The van der Waals surface area contributed by atoms with Gasteiger partial charge in [0.1, 0.15) is 18.0 Å². The summed E-state index contributed by atoms with van der Waals surface area (Å²) in [4.78, 5) is 33.8. The van der Waals surface area contributed by atoms with Crippen LogP contribution in [0.3, 0.4) is 0 Å². The molecule has 5 rings (SSSR count). The molecule has 184 valence electrons. The first kappa shape index (κ1) is 23.4. The van der Waals surface area contributed by atoms with Crippen LogP contribution in [-0.2, 0) is 16.1 Å². The van der Waals surface area contributed by atoms with E-state index in [0.717, 1.165) is 18.1 Å². The van der Waals surface area contributed by atoms with Gasteiger partial charge in [0.25, 0.3) is 5.91 Å². The van der Waals surface area contributed by atoms with E-state index in [1.165, 1.54) is 23.2 Å². The molecule has 4 atom stereocenters. The minimum absolute atomic E-state index is 0.133. The van der Waals surface area contributed by atoms with Crippen molar-refractivity contribution < 1.29 is 24.1 Å². The molecule has 0 aliphatic carbocycles. The van der Waals surface area contributed by atoms with Crippen LogP contribution in [-0.4, -0.2) is 63.9 Å². The van der Waals surface area contributed by atoms with E-state index in [1.54, 1.807) is 12.3 Å². The number of carbonyl (C=O) groups is 1. The molecule has 1 fully saturated rings. The number of fused-ring (bicyclic) bond motifs is 1. The lowest BCUT2D eigenvalue weighted by Crippen LogP contribution is -2.40. The van der Waals surface area contributed by atoms with E-state index in [9.17, 15) is 19.4 Å². The summed E-state index contributed by atoms with van der Waals surface area (Å²) < 4.78 is 21.0. The van der Waals surface area contributed by atoms with Gasteiger partial charge in [0.2, 0.25) is 0 Å². The molecule has 0 aromatic carbocycles. The maximum Gasteiger partial charge on any atom is 0.255 e. The highest BCUT2D eigenvalue weighted by Crippen LogP contribution is 2.33. The first-order valence-corrected chi connectivity index (χ1v) is 10.9. The van der Waals surface area contributed by atoms with Crippen LogP contribution < -0.4 is 10.6 Å². The Morgan fingerprint density at radius 3 is 2.83 bits per heavy atom. The molecule has 4 aromatic rings. The Kier molecular flexibility index (Phi) is 6.33. The third kappa shape index (κ3) is 4.37. The van der Waals surface area contributed by atoms with Gasteiger partial charge in [-0.25, -0.2) is 19.3 Å². The zero-order chi connectivity index (χ0) is 25.2. The number of hydrogen-bond donors (Lipinski definition) is 4. The van der Waals surface area contributed by atoms with Gasteiger partial charge in [-0.3, -0.25) is 19.3 Å². The van der Waals surface area contributed by atoms with Gasteiger partial charge in [-0.2, -0.15) is 0 Å². The number of nitrogens with one attached hydrogen (secondary N) is 2. The zero-order valence-corrected chi connectivity index (χ0v) is 18.7. The summed E-state index contributed by atoms with van der Waals surface area (Å²) in [6.45, 7) is 3.72. The molecule has 12 nitrogen and oxygen atoms in total. The largest absolute Gasteiger partial charge is 0.387 e. The van der Waals surface area contributed by atoms with E-state index in [2.05, 4.69) is 42.1 Å². The average molecular weight is 492 g/mol. The molecule has 4 N–H and O–H groups in total. The fraction of sp³-hybridized carbons (Fsp3) is 0.217. The molecule has 36 heavy (non-hydrogen) atoms. The summed E-state index contributed by atoms with van der Waals surface area (Å²) in [7, 11) is 0. The lowest BCUT2D eigenvalue weighted by atomic mass is 10.1. The number of ether oxygens (including phenoxy) is 1. The molecule has 0 spiro atoms. The number of nitrogens with zero attached hydrogens (tertiary/aromatic N) is 6. The number of rotatable bonds is 7. The normalized spacial score (nSPS) is 21.4. The van der Waals surface area contributed by atoms with Crippen molar-refractivity contribution in [3.8, 4) is 11.4 Å². The minimum atomic E-state index is -1.51. The number of halogens is 1. The van der Waals surface area contributed by atoms with Gasteiger partial charge in [0.05, 0.1) is 24.8 Å². The molecule has 0 saturated carbocycles. The minimum Gasteiger partial charge on any atom is -0.387 e. The van der Waals surface area contributed by atoms with E-state index < -0.39 is 36.3 Å². The van der Waals surface area contributed by atoms with Crippen LogP contribution in [0, 0.1) is 5.82 Å². The van der Waals surface area contributed by atoms with Gasteiger partial charge in [-0.05, 0) is 24.4 Å². The molecule has 1 aliphatic heterocycles. The number of imidazole rings is 1. The number of anilines is 1. The van der Waals surface area contributed by atoms with Crippen LogP contribution in [0.1, 0.15) is 11.9 Å². The molecule has 0 unspecified atom stereocenters. The monoisotopic (exact) mass is 492 g/mol. The van der Waals surface area contributed by atoms with Gasteiger partial charge in [-0.15, -0.1) is 0 Å². The fourth-order valence-electron chi connectivity index (χ4n) is 3.85. The second-order valence-corrected chi connectivity index (χ2v) is 7.93. The molecule has 5 heterocycles. The lowest BCUT2D eigenvalue weighted by Gasteiger charge is -2.17. The third-order valence-electron chi connectivity index (χ3n) is 5.56. The Morgan fingerprint density at radius 2 is 2.08 bits per heavy atom. The summed E-state index contributed by atoms with van der Waals surface area (Å²) in [5.74, 6) is -0.782. The van der Waals surface area contributed by atoms with E-state index in [1.807, 2.05) is 12.1 Å². The van der Waals surface area contributed by atoms with Crippen LogP contribution >= 0.6 is 0 Å². The summed E-state index contributed by atoms with van der Waals surface area (Å²) in [6.07, 6.45) is 1.11. The number of pyridine rings is 2. The highest BCUT2D eigenvalue weighted by molar-refractivity contribution is 5.85. The van der Waals surface area contributed by atoms with Crippen molar-refractivity contribution in [3.05, 3.63) is 73.5 Å². The van der Waals surface area contributed by atoms with Crippen LogP contribution in [0.4, 0.5) is 10.2 Å². The predicted molar refractivity (Wildman–Crippen MR) is 124 cm³/mol. The number of aliphatic hydroxyl groups excluding tert-OH is 2. The standard InChI is InChI=1S/C23H21FN8O4/c1-2-26-22(35)18-16(33)17(34)23(36-18)32-11-29-15-20(28-10-14-5-3-4-6-27-14)30-19(31-21(15)32)12-7-13(24)9-25-8-12/h2-9,11,16-18,23,33-34H,1,10H2,(H,26,35)(H,28,30,31)/t16-,17+,18-,23+/m0/s1. The zero-order valence-electron chi connectivity index (χ0n) is 18.7. The first-order valence-electron chi connectivity index (χ1n) is 10.9. The van der Waals surface area contributed by atoms with Crippen molar-refractivity contribution in [1.29, 1.82) is 0 Å². The number of aliphatic hydroxyl groups is 2. The summed E-state index contributed by atoms with van der Waals surface area (Å²) >= 11 is 0. The highest BCUT2D eigenvalue weighted by atomic mass is 19.1. The topological polar surface area (TPSA) is 160 Å². The Labute approximate surface area is 203 Å². The first-order chi connectivity index (χ1) is 17.5. The van der Waals surface area contributed by atoms with Gasteiger partial charge < -0.3 is 25.6 Å². The molecular weight excluding hydrogens is 471 g/mol. The van der Waals surface area contributed by atoms with Crippen LogP contribution in [0.15, 0.2) is 62.0 Å². The average Bonchev–Trinajstić information content (AvgIpc) is 3.44. The van der Waals surface area contributed by atoms with E-state index in [-0.39, 0.29) is 11.5 Å². The van der Waals surface area contributed by atoms with Gasteiger partial charge in [0, 0.05) is 18.0 Å². The quantitative estimate of drug-likeness (QED) is 0.292. The van der Waals surface area contributed by atoms with E-state index in [0.29, 0.717) is 23.4 Å².